The maximum absolute atomic E-state index is 11.7. The van der Waals surface area contributed by atoms with Crippen molar-refractivity contribution in [3.8, 4) is 0 Å². The molecule has 5 heteroatoms. The summed E-state index contributed by atoms with van der Waals surface area (Å²) in [6, 6.07) is 0.599. The van der Waals surface area contributed by atoms with Gasteiger partial charge in [0.1, 0.15) is 0 Å². The number of nitrogens with one attached hydrogen (secondary N) is 2. The van der Waals surface area contributed by atoms with Crippen molar-refractivity contribution in [3.05, 3.63) is 0 Å². The van der Waals surface area contributed by atoms with Gasteiger partial charge in [-0.2, -0.15) is 0 Å². The minimum atomic E-state index is -0.145. The molecular formula is C14H29N3O2. The molecule has 112 valence electrons. The van der Waals surface area contributed by atoms with Gasteiger partial charge in [-0.15, -0.1) is 0 Å². The monoisotopic (exact) mass is 271 g/mol. The van der Waals surface area contributed by atoms with E-state index in [0.717, 1.165) is 19.1 Å². The molecule has 1 fully saturated rings. The van der Waals surface area contributed by atoms with Gasteiger partial charge >= 0.3 is 0 Å². The maximum atomic E-state index is 11.7. The van der Waals surface area contributed by atoms with Crippen molar-refractivity contribution in [3.63, 3.8) is 0 Å². The lowest BCUT2D eigenvalue weighted by Gasteiger charge is -2.24. The molecule has 2 N–H and O–H groups in total. The molecule has 0 radical (unpaired) electrons. The zero-order chi connectivity index (χ0) is 14.1. The highest BCUT2D eigenvalue weighted by Gasteiger charge is 2.19. The van der Waals surface area contributed by atoms with E-state index in [9.17, 15) is 4.79 Å². The van der Waals surface area contributed by atoms with Gasteiger partial charge < -0.3 is 20.3 Å². The fourth-order valence-electron chi connectivity index (χ4n) is 2.51. The smallest absolute Gasteiger partial charge is 0.236 e. The van der Waals surface area contributed by atoms with Crippen molar-refractivity contribution < 1.29 is 9.53 Å². The Kier molecular flexibility index (Phi) is 8.02. The lowest BCUT2D eigenvalue weighted by Crippen LogP contribution is -2.46. The number of hydrogen-bond donors (Lipinski definition) is 2. The van der Waals surface area contributed by atoms with Gasteiger partial charge in [0.2, 0.25) is 5.91 Å². The second-order valence-electron chi connectivity index (χ2n) is 5.38. The van der Waals surface area contributed by atoms with Crippen LogP contribution in [0.4, 0.5) is 0 Å². The van der Waals surface area contributed by atoms with E-state index in [1.54, 1.807) is 7.11 Å². The van der Waals surface area contributed by atoms with Gasteiger partial charge in [0.05, 0.1) is 12.6 Å². The van der Waals surface area contributed by atoms with Crippen molar-refractivity contribution in [2.24, 2.45) is 0 Å². The molecule has 1 atom stereocenters. The van der Waals surface area contributed by atoms with Crippen LogP contribution in [0.1, 0.15) is 32.6 Å². The lowest BCUT2D eigenvalue weighted by molar-refractivity contribution is -0.122. The second kappa shape index (κ2) is 9.28. The number of ether oxygens (including phenoxy) is 1. The van der Waals surface area contributed by atoms with Crippen molar-refractivity contribution in [2.75, 3.05) is 40.4 Å². The Balaban J connectivity index is 2.08. The third-order valence-corrected chi connectivity index (χ3v) is 3.86. The lowest BCUT2D eigenvalue weighted by atomic mass is 10.2. The van der Waals surface area contributed by atoms with Crippen molar-refractivity contribution in [2.45, 2.75) is 44.7 Å². The molecule has 0 bridgehead atoms. The molecule has 0 saturated heterocycles. The summed E-state index contributed by atoms with van der Waals surface area (Å²) in [6.07, 6.45) is 5.37. The van der Waals surface area contributed by atoms with E-state index in [-0.39, 0.29) is 11.9 Å². The first-order valence-electron chi connectivity index (χ1n) is 7.35. The Morgan fingerprint density at radius 1 is 1.37 bits per heavy atom. The molecule has 1 rings (SSSR count). The number of rotatable bonds is 9. The zero-order valence-electron chi connectivity index (χ0n) is 12.6. The van der Waals surface area contributed by atoms with E-state index in [4.69, 9.17) is 4.74 Å². The van der Waals surface area contributed by atoms with Gasteiger partial charge in [-0.05, 0) is 26.8 Å². The van der Waals surface area contributed by atoms with Crippen LogP contribution >= 0.6 is 0 Å². The van der Waals surface area contributed by atoms with Crippen LogP contribution < -0.4 is 10.6 Å². The summed E-state index contributed by atoms with van der Waals surface area (Å²) in [7, 11) is 3.81. The first-order chi connectivity index (χ1) is 9.15. The molecule has 0 aromatic rings. The van der Waals surface area contributed by atoms with Crippen molar-refractivity contribution >= 4 is 5.91 Å². The number of hydrogen-bond acceptors (Lipinski definition) is 4. The van der Waals surface area contributed by atoms with Gasteiger partial charge in [-0.25, -0.2) is 0 Å². The molecule has 0 spiro atoms. The van der Waals surface area contributed by atoms with Crippen LogP contribution in [-0.2, 0) is 9.53 Å². The summed E-state index contributed by atoms with van der Waals surface area (Å²) in [4.78, 5) is 14.1. The largest absolute Gasteiger partial charge is 0.383 e. The minimum Gasteiger partial charge on any atom is -0.383 e. The number of carbonyl (C=O) groups excluding carboxylic acids is 1. The van der Waals surface area contributed by atoms with E-state index in [1.165, 1.54) is 25.7 Å². The van der Waals surface area contributed by atoms with Gasteiger partial charge in [-0.1, -0.05) is 12.8 Å². The van der Waals surface area contributed by atoms with Crippen LogP contribution in [-0.4, -0.2) is 63.3 Å². The molecule has 0 aromatic heterocycles. The first-order valence-corrected chi connectivity index (χ1v) is 7.35. The summed E-state index contributed by atoms with van der Waals surface area (Å²) in [5.41, 5.74) is 0. The zero-order valence-corrected chi connectivity index (χ0v) is 12.6. The Morgan fingerprint density at radius 3 is 2.68 bits per heavy atom. The minimum absolute atomic E-state index is 0.0422. The van der Waals surface area contributed by atoms with Gasteiger partial charge in [0.25, 0.3) is 0 Å². The van der Waals surface area contributed by atoms with E-state index in [0.29, 0.717) is 13.2 Å². The molecule has 1 saturated carbocycles. The Labute approximate surface area is 117 Å². The molecule has 1 aliphatic carbocycles. The third-order valence-electron chi connectivity index (χ3n) is 3.86. The SMILES string of the molecule is COCCNC(=O)C(C)NCCN(C)C1CCCC1. The average Bonchev–Trinajstić information content (AvgIpc) is 2.92. The quantitative estimate of drug-likeness (QED) is 0.603. The van der Waals surface area contributed by atoms with E-state index in [1.807, 2.05) is 6.92 Å². The highest BCUT2D eigenvalue weighted by Crippen LogP contribution is 2.21. The normalized spacial score (nSPS) is 17.9. The summed E-state index contributed by atoms with van der Waals surface area (Å²) in [5.74, 6) is 0.0422. The summed E-state index contributed by atoms with van der Waals surface area (Å²) < 4.78 is 4.90. The summed E-state index contributed by atoms with van der Waals surface area (Å²) in [6.45, 7) is 4.89. The highest BCUT2D eigenvalue weighted by atomic mass is 16.5. The predicted molar refractivity (Wildman–Crippen MR) is 77.2 cm³/mol. The average molecular weight is 271 g/mol. The molecule has 1 unspecified atom stereocenters. The fraction of sp³-hybridized carbons (Fsp3) is 0.929. The molecule has 0 heterocycles. The molecule has 0 aromatic carbocycles. The van der Waals surface area contributed by atoms with Crippen LogP contribution in [0.15, 0.2) is 0 Å². The molecule has 1 aliphatic rings. The van der Waals surface area contributed by atoms with Crippen LogP contribution in [0.5, 0.6) is 0 Å². The number of amides is 1. The molecule has 19 heavy (non-hydrogen) atoms. The van der Waals surface area contributed by atoms with E-state index < -0.39 is 0 Å². The molecule has 5 nitrogen and oxygen atoms in total. The van der Waals surface area contributed by atoms with Crippen molar-refractivity contribution in [1.29, 1.82) is 0 Å². The molecule has 1 amide bonds. The summed E-state index contributed by atoms with van der Waals surface area (Å²) in [5, 5.41) is 6.11. The number of carbonyl (C=O) groups is 1. The number of nitrogens with zero attached hydrogens (tertiary/aromatic N) is 1. The van der Waals surface area contributed by atoms with Crippen LogP contribution in [0, 0.1) is 0 Å². The molecule has 0 aliphatic heterocycles. The topological polar surface area (TPSA) is 53.6 Å². The number of likely N-dealkylation sites (N-methyl/N-ethyl adjacent to an activating group) is 1. The second-order valence-corrected chi connectivity index (χ2v) is 5.38. The predicted octanol–water partition coefficient (Wildman–Crippen LogP) is 0.602. The van der Waals surface area contributed by atoms with Crippen molar-refractivity contribution in [1.82, 2.24) is 15.5 Å². The van der Waals surface area contributed by atoms with Crippen LogP contribution in [0.25, 0.3) is 0 Å². The van der Waals surface area contributed by atoms with Gasteiger partial charge in [0, 0.05) is 32.8 Å². The Bertz CT molecular complexity index is 255. The summed E-state index contributed by atoms with van der Waals surface area (Å²) >= 11 is 0. The van der Waals surface area contributed by atoms with E-state index in [2.05, 4.69) is 22.6 Å². The highest BCUT2D eigenvalue weighted by molar-refractivity contribution is 5.81. The Morgan fingerprint density at radius 2 is 2.05 bits per heavy atom. The van der Waals surface area contributed by atoms with E-state index >= 15 is 0 Å². The first kappa shape index (κ1) is 16.4. The molecular weight excluding hydrogens is 242 g/mol. The van der Waals surface area contributed by atoms with Crippen LogP contribution in [0.3, 0.4) is 0 Å². The van der Waals surface area contributed by atoms with Gasteiger partial charge in [0.15, 0.2) is 0 Å². The third kappa shape index (κ3) is 6.36. The number of methoxy groups -OCH3 is 1. The maximum Gasteiger partial charge on any atom is 0.236 e. The standard InChI is InChI=1S/C14H29N3O2/c1-12(14(18)16-9-11-19-3)15-8-10-17(2)13-6-4-5-7-13/h12-13,15H,4-11H2,1-3H3,(H,16,18). The Hall–Kier alpha value is -0.650. The van der Waals surface area contributed by atoms with Crippen LogP contribution in [0.2, 0.25) is 0 Å². The van der Waals surface area contributed by atoms with Gasteiger partial charge in [-0.3, -0.25) is 4.79 Å². The fourth-order valence-corrected chi connectivity index (χ4v) is 2.51.